The number of carbonyl (C=O) groups is 1. The second-order valence-electron chi connectivity index (χ2n) is 4.11. The zero-order valence-corrected chi connectivity index (χ0v) is 12.7. The van der Waals surface area contributed by atoms with Gasteiger partial charge in [0.1, 0.15) is 5.75 Å². The zero-order chi connectivity index (χ0) is 16.3. The van der Waals surface area contributed by atoms with Crippen LogP contribution >= 0.6 is 23.2 Å². The Bertz CT molecular complexity index is 748. The molecule has 0 aliphatic rings. The molecule has 0 aliphatic carbocycles. The summed E-state index contributed by atoms with van der Waals surface area (Å²) < 4.78 is 10.0. The number of hydrogen-bond acceptors (Lipinski definition) is 5. The number of carbonyl (C=O) groups excluding carboxylic acids is 1. The molecule has 2 rings (SSSR count). The molecule has 22 heavy (non-hydrogen) atoms. The van der Waals surface area contributed by atoms with Crippen LogP contribution < -0.4 is 4.74 Å². The van der Waals surface area contributed by atoms with Gasteiger partial charge >= 0.3 is 11.7 Å². The predicted molar refractivity (Wildman–Crippen MR) is 81.0 cm³/mol. The summed E-state index contributed by atoms with van der Waals surface area (Å²) in [7, 11) is 1.21. The number of rotatable bonds is 4. The van der Waals surface area contributed by atoms with E-state index < -0.39 is 10.9 Å². The van der Waals surface area contributed by atoms with Crippen molar-refractivity contribution in [2.75, 3.05) is 7.11 Å². The van der Waals surface area contributed by atoms with Gasteiger partial charge in [-0.05, 0) is 24.3 Å². The first-order chi connectivity index (χ1) is 10.4. The Balaban J connectivity index is 2.46. The Morgan fingerprint density at radius 2 is 1.86 bits per heavy atom. The number of ether oxygens (including phenoxy) is 2. The number of hydrogen-bond donors (Lipinski definition) is 0. The molecule has 0 N–H and O–H groups in total. The fraction of sp³-hybridized carbons (Fsp3) is 0.0714. The molecule has 0 aromatic heterocycles. The molecule has 0 atom stereocenters. The molecule has 6 nitrogen and oxygen atoms in total. The van der Waals surface area contributed by atoms with Gasteiger partial charge in [-0.3, -0.25) is 10.1 Å². The Kier molecular flexibility index (Phi) is 4.85. The second kappa shape index (κ2) is 6.64. The monoisotopic (exact) mass is 341 g/mol. The average Bonchev–Trinajstić information content (AvgIpc) is 2.49. The molecule has 0 bridgehead atoms. The van der Waals surface area contributed by atoms with Crippen molar-refractivity contribution >= 4 is 34.9 Å². The maximum Gasteiger partial charge on any atom is 0.337 e. The van der Waals surface area contributed by atoms with Crippen LogP contribution in [0.2, 0.25) is 10.0 Å². The second-order valence-corrected chi connectivity index (χ2v) is 4.95. The van der Waals surface area contributed by atoms with Crippen LogP contribution in [-0.4, -0.2) is 18.0 Å². The van der Waals surface area contributed by atoms with E-state index in [1.165, 1.54) is 37.4 Å². The summed E-state index contributed by atoms with van der Waals surface area (Å²) in [4.78, 5) is 22.0. The van der Waals surface area contributed by atoms with Gasteiger partial charge in [0.05, 0.1) is 22.6 Å². The van der Waals surface area contributed by atoms with Crippen molar-refractivity contribution in [1.29, 1.82) is 0 Å². The first-order valence-corrected chi connectivity index (χ1v) is 6.67. The van der Waals surface area contributed by atoms with Gasteiger partial charge in [-0.25, -0.2) is 4.79 Å². The number of nitrogens with zero attached hydrogens (tertiary/aromatic N) is 1. The zero-order valence-electron chi connectivity index (χ0n) is 11.2. The fourth-order valence-electron chi connectivity index (χ4n) is 1.67. The molecule has 2 aromatic carbocycles. The van der Waals surface area contributed by atoms with Gasteiger partial charge < -0.3 is 9.47 Å². The lowest BCUT2D eigenvalue weighted by molar-refractivity contribution is -0.385. The summed E-state index contributed by atoms with van der Waals surface area (Å²) in [6.07, 6.45) is 0. The minimum atomic E-state index is -0.637. The highest BCUT2D eigenvalue weighted by Crippen LogP contribution is 2.36. The van der Waals surface area contributed by atoms with Gasteiger partial charge in [0, 0.05) is 17.2 Å². The van der Waals surface area contributed by atoms with Gasteiger partial charge in [-0.2, -0.15) is 0 Å². The van der Waals surface area contributed by atoms with Crippen molar-refractivity contribution in [2.24, 2.45) is 0 Å². The maximum atomic E-state index is 11.5. The number of benzene rings is 2. The standard InChI is InChI=1S/C14H9Cl2NO5/c1-21-14(18)8-2-4-11(17(19)20)13(6-8)22-12-5-3-9(15)7-10(12)16/h2-7H,1H3. The van der Waals surface area contributed by atoms with Crippen molar-refractivity contribution < 1.29 is 19.2 Å². The summed E-state index contributed by atoms with van der Waals surface area (Å²) in [5.74, 6) is -0.588. The Labute approximate surface area is 135 Å². The largest absolute Gasteiger partial charge is 0.465 e. The molecule has 2 aromatic rings. The van der Waals surface area contributed by atoms with Crippen molar-refractivity contribution in [3.05, 3.63) is 62.1 Å². The lowest BCUT2D eigenvalue weighted by Crippen LogP contribution is -2.02. The molecule has 0 saturated carbocycles. The quantitative estimate of drug-likeness (QED) is 0.465. The van der Waals surface area contributed by atoms with Crippen LogP contribution in [0.25, 0.3) is 0 Å². The number of esters is 1. The SMILES string of the molecule is COC(=O)c1ccc([N+](=O)[O-])c(Oc2ccc(Cl)cc2Cl)c1. The number of nitro benzene ring substituents is 1. The Morgan fingerprint density at radius 3 is 2.45 bits per heavy atom. The van der Waals surface area contributed by atoms with Crippen LogP contribution in [0.3, 0.4) is 0 Å². The van der Waals surface area contributed by atoms with Gasteiger partial charge in [0.25, 0.3) is 0 Å². The molecule has 0 unspecified atom stereocenters. The van der Waals surface area contributed by atoms with Crippen LogP contribution in [0.5, 0.6) is 11.5 Å². The first-order valence-electron chi connectivity index (χ1n) is 5.92. The van der Waals surface area contributed by atoms with E-state index in [1.54, 1.807) is 0 Å². The highest BCUT2D eigenvalue weighted by molar-refractivity contribution is 6.35. The van der Waals surface area contributed by atoms with E-state index in [9.17, 15) is 14.9 Å². The minimum Gasteiger partial charge on any atom is -0.465 e. The van der Waals surface area contributed by atoms with Crippen molar-refractivity contribution in [2.45, 2.75) is 0 Å². The van der Waals surface area contributed by atoms with E-state index in [0.29, 0.717) is 5.02 Å². The Morgan fingerprint density at radius 1 is 1.14 bits per heavy atom. The van der Waals surface area contributed by atoms with E-state index in [2.05, 4.69) is 4.74 Å². The maximum absolute atomic E-state index is 11.5. The Hall–Kier alpha value is -2.31. The number of nitro groups is 1. The molecule has 0 fully saturated rings. The molecule has 0 spiro atoms. The number of halogens is 2. The van der Waals surface area contributed by atoms with Crippen LogP contribution in [0.1, 0.15) is 10.4 Å². The number of methoxy groups -OCH3 is 1. The van der Waals surface area contributed by atoms with E-state index in [0.717, 1.165) is 6.07 Å². The molecular weight excluding hydrogens is 333 g/mol. The molecule has 0 amide bonds. The third-order valence-electron chi connectivity index (χ3n) is 2.69. The van der Waals surface area contributed by atoms with Crippen LogP contribution in [0.15, 0.2) is 36.4 Å². The predicted octanol–water partition coefficient (Wildman–Crippen LogP) is 4.48. The molecule has 0 saturated heterocycles. The minimum absolute atomic E-state index is 0.119. The topological polar surface area (TPSA) is 78.7 Å². The summed E-state index contributed by atoms with van der Waals surface area (Å²) in [6, 6.07) is 8.09. The van der Waals surface area contributed by atoms with Gasteiger partial charge in [-0.15, -0.1) is 0 Å². The van der Waals surface area contributed by atoms with Gasteiger partial charge in [0.15, 0.2) is 0 Å². The van der Waals surface area contributed by atoms with E-state index in [4.69, 9.17) is 27.9 Å². The van der Waals surface area contributed by atoms with E-state index in [-0.39, 0.29) is 27.8 Å². The van der Waals surface area contributed by atoms with Crippen LogP contribution in [0.4, 0.5) is 5.69 Å². The smallest absolute Gasteiger partial charge is 0.337 e. The van der Waals surface area contributed by atoms with Gasteiger partial charge in [0.2, 0.25) is 5.75 Å². The summed E-state index contributed by atoms with van der Waals surface area (Å²) in [5.41, 5.74) is -0.188. The third kappa shape index (κ3) is 3.47. The van der Waals surface area contributed by atoms with Crippen molar-refractivity contribution in [3.63, 3.8) is 0 Å². The summed E-state index contributed by atoms with van der Waals surface area (Å²) in [6.45, 7) is 0. The lowest BCUT2D eigenvalue weighted by atomic mass is 10.2. The third-order valence-corrected chi connectivity index (χ3v) is 3.22. The highest BCUT2D eigenvalue weighted by atomic mass is 35.5. The first kappa shape index (κ1) is 16.1. The fourth-order valence-corrected chi connectivity index (χ4v) is 2.12. The van der Waals surface area contributed by atoms with E-state index in [1.807, 2.05) is 0 Å². The summed E-state index contributed by atoms with van der Waals surface area (Å²) in [5, 5.41) is 11.6. The average molecular weight is 342 g/mol. The lowest BCUT2D eigenvalue weighted by Gasteiger charge is -2.09. The molecule has 0 aliphatic heterocycles. The molecular formula is C14H9Cl2NO5. The van der Waals surface area contributed by atoms with Crippen LogP contribution in [-0.2, 0) is 4.74 Å². The van der Waals surface area contributed by atoms with Crippen LogP contribution in [0, 0.1) is 10.1 Å². The highest BCUT2D eigenvalue weighted by Gasteiger charge is 2.20. The summed E-state index contributed by atoms with van der Waals surface area (Å²) >= 11 is 11.7. The normalized spacial score (nSPS) is 10.1. The van der Waals surface area contributed by atoms with Crippen molar-refractivity contribution in [1.82, 2.24) is 0 Å². The molecule has 8 heteroatoms. The van der Waals surface area contributed by atoms with Gasteiger partial charge in [-0.1, -0.05) is 23.2 Å². The molecule has 0 heterocycles. The van der Waals surface area contributed by atoms with E-state index >= 15 is 0 Å². The molecule has 0 radical (unpaired) electrons. The molecule has 114 valence electrons. The van der Waals surface area contributed by atoms with Crippen molar-refractivity contribution in [3.8, 4) is 11.5 Å².